The minimum Gasteiger partial charge on any atom is -0.479 e. The van der Waals surface area contributed by atoms with Gasteiger partial charge in [0.15, 0.2) is 23.0 Å². The minimum atomic E-state index is -1.22. The molecule has 0 atom stereocenters. The van der Waals surface area contributed by atoms with Crippen LogP contribution >= 0.6 is 27.3 Å². The number of likely N-dealkylation sites (tertiary alicyclic amines) is 1. The molecule has 0 radical (unpaired) electrons. The monoisotopic (exact) mass is 968 g/mol. The van der Waals surface area contributed by atoms with Crippen molar-refractivity contribution in [3.05, 3.63) is 106 Å². The SMILES string of the molecule is CCCCCCCCCCCCCCC(=O)c1ccc(-n2cc(CN(CC3CCN(C(=O)Nc4ccccc4)CC3)c3cccc(-c4sc(C(=O)O)c(OCC(=O)O)c4Br)c3)nn2)cc1. The Kier molecular flexibility index (Phi) is 19.0. The Morgan fingerprint density at radius 3 is 2.15 bits per heavy atom. The number of nitrogens with one attached hydrogen (secondary N) is 1. The number of para-hydroxylation sites is 1. The predicted molar refractivity (Wildman–Crippen MR) is 260 cm³/mol. The van der Waals surface area contributed by atoms with E-state index in [0.717, 1.165) is 65.3 Å². The highest BCUT2D eigenvalue weighted by atomic mass is 79.9. The molecule has 1 aliphatic rings. The van der Waals surface area contributed by atoms with E-state index >= 15 is 0 Å². The average Bonchev–Trinajstić information content (AvgIpc) is 3.93. The maximum Gasteiger partial charge on any atom is 0.349 e. The molecule has 3 N–H and O–H groups in total. The molecule has 13 nitrogen and oxygen atoms in total. The molecule has 2 aromatic heterocycles. The Labute approximate surface area is 394 Å². The van der Waals surface area contributed by atoms with E-state index < -0.39 is 18.5 Å². The van der Waals surface area contributed by atoms with E-state index in [-0.39, 0.29) is 28.4 Å². The largest absolute Gasteiger partial charge is 0.479 e. The van der Waals surface area contributed by atoms with Crippen molar-refractivity contribution in [1.82, 2.24) is 19.9 Å². The second-order valence-corrected chi connectivity index (χ2v) is 18.6. The number of anilines is 2. The molecule has 0 aliphatic carbocycles. The second kappa shape index (κ2) is 25.2. The van der Waals surface area contributed by atoms with E-state index in [1.165, 1.54) is 64.2 Å². The molecule has 5 aromatic rings. The van der Waals surface area contributed by atoms with Gasteiger partial charge in [-0.15, -0.1) is 16.4 Å². The van der Waals surface area contributed by atoms with Gasteiger partial charge in [-0.05, 0) is 95.2 Å². The molecule has 1 fully saturated rings. The Morgan fingerprint density at radius 2 is 1.51 bits per heavy atom. The summed E-state index contributed by atoms with van der Waals surface area (Å²) in [5.41, 5.74) is 4.54. The van der Waals surface area contributed by atoms with Gasteiger partial charge in [0.1, 0.15) is 5.69 Å². The van der Waals surface area contributed by atoms with E-state index in [0.29, 0.717) is 47.5 Å². The number of hydrogen-bond donors (Lipinski definition) is 3. The third-order valence-electron chi connectivity index (χ3n) is 11.8. The van der Waals surface area contributed by atoms with Crippen molar-refractivity contribution in [2.75, 3.05) is 36.5 Å². The van der Waals surface area contributed by atoms with E-state index in [4.69, 9.17) is 4.74 Å². The van der Waals surface area contributed by atoms with Crippen molar-refractivity contribution in [1.29, 1.82) is 0 Å². The number of halogens is 1. The molecule has 1 aliphatic heterocycles. The number of aliphatic carboxylic acids is 1. The summed E-state index contributed by atoms with van der Waals surface area (Å²) in [5, 5.41) is 31.2. The van der Waals surface area contributed by atoms with Crippen LogP contribution in [0.15, 0.2) is 89.5 Å². The summed E-state index contributed by atoms with van der Waals surface area (Å²) in [6, 6.07) is 24.6. The van der Waals surface area contributed by atoms with Gasteiger partial charge in [0.25, 0.3) is 0 Å². The highest BCUT2D eigenvalue weighted by molar-refractivity contribution is 9.10. The van der Waals surface area contributed by atoms with Gasteiger partial charge in [-0.1, -0.05) is 113 Å². The average molecular weight is 970 g/mol. The molecular formula is C50H61BrN6O7S. The number of aromatic carboxylic acids is 1. The number of piperidine rings is 1. The quantitative estimate of drug-likeness (QED) is 0.0358. The smallest absolute Gasteiger partial charge is 0.349 e. The first-order valence-electron chi connectivity index (χ1n) is 23.0. The fourth-order valence-electron chi connectivity index (χ4n) is 8.21. The van der Waals surface area contributed by atoms with Gasteiger partial charge >= 0.3 is 18.0 Å². The van der Waals surface area contributed by atoms with Crippen molar-refractivity contribution in [2.24, 2.45) is 5.92 Å². The van der Waals surface area contributed by atoms with E-state index in [2.05, 4.69) is 43.4 Å². The molecule has 0 bridgehead atoms. The molecule has 0 unspecified atom stereocenters. The maximum atomic E-state index is 13.1. The van der Waals surface area contributed by atoms with E-state index in [1.54, 1.807) is 4.68 Å². The first kappa shape index (κ1) is 48.9. The number of carbonyl (C=O) groups is 4. The molecule has 6 rings (SSSR count). The Bertz CT molecular complexity index is 2310. The molecular weight excluding hydrogens is 909 g/mol. The topological polar surface area (TPSA) is 167 Å². The van der Waals surface area contributed by atoms with Crippen molar-refractivity contribution < 1.29 is 34.1 Å². The van der Waals surface area contributed by atoms with Gasteiger partial charge in [-0.2, -0.15) is 0 Å². The number of carboxylic acid groups (broad SMARTS) is 2. The summed E-state index contributed by atoms with van der Waals surface area (Å²) in [4.78, 5) is 54.1. The number of unbranched alkanes of at least 4 members (excludes halogenated alkanes) is 11. The standard InChI is InChI=1S/C50H61BrN6O7S/c1-2-3-4-5-6-7-8-9-10-11-12-16-22-43(58)37-23-25-41(26-24-37)57-34-40(53-54-57)33-56(32-36-27-29-55(30-28-36)50(63)52-39-19-14-13-15-20-39)42-21-17-18-38(31-42)47-45(51)46(64-35-44(59)60)48(65-47)49(61)62/h13-15,17-21,23-26,31,34,36H,2-12,16,22,27-30,32-33,35H2,1H3,(H,52,63)(H,59,60)(H,61,62). The summed E-state index contributed by atoms with van der Waals surface area (Å²) in [6.07, 6.45) is 19.1. The molecule has 3 aromatic carbocycles. The Morgan fingerprint density at radius 1 is 0.846 bits per heavy atom. The van der Waals surface area contributed by atoms with Gasteiger partial charge in [0.05, 0.1) is 27.8 Å². The zero-order valence-electron chi connectivity index (χ0n) is 37.3. The van der Waals surface area contributed by atoms with Crippen molar-refractivity contribution in [3.8, 4) is 21.9 Å². The highest BCUT2D eigenvalue weighted by Crippen LogP contribution is 2.46. The zero-order chi connectivity index (χ0) is 46.0. The second-order valence-electron chi connectivity index (χ2n) is 16.8. The zero-order valence-corrected chi connectivity index (χ0v) is 39.7. The van der Waals surface area contributed by atoms with Crippen LogP contribution in [-0.2, 0) is 11.3 Å². The number of ketones is 1. The van der Waals surface area contributed by atoms with E-state index in [9.17, 15) is 29.4 Å². The number of carbonyl (C=O) groups excluding carboxylic acids is 2. The maximum absolute atomic E-state index is 13.1. The normalized spacial score (nSPS) is 12.9. The van der Waals surface area contributed by atoms with Crippen LogP contribution in [-0.4, -0.2) is 80.1 Å². The third kappa shape index (κ3) is 14.7. The number of carboxylic acids is 2. The number of benzene rings is 3. The lowest BCUT2D eigenvalue weighted by atomic mass is 9.96. The number of urea groups is 1. The van der Waals surface area contributed by atoms with Crippen LogP contribution < -0.4 is 15.0 Å². The molecule has 1 saturated heterocycles. The number of hydrogen-bond acceptors (Lipinski definition) is 9. The van der Waals surface area contributed by atoms with Crippen molar-refractivity contribution in [3.63, 3.8) is 0 Å². The third-order valence-corrected chi connectivity index (χ3v) is 14.1. The number of amides is 2. The lowest BCUT2D eigenvalue weighted by molar-refractivity contribution is -0.139. The van der Waals surface area contributed by atoms with Gasteiger partial charge in [0.2, 0.25) is 0 Å². The first-order chi connectivity index (χ1) is 31.6. The summed E-state index contributed by atoms with van der Waals surface area (Å²) in [7, 11) is 0. The summed E-state index contributed by atoms with van der Waals surface area (Å²) in [6.45, 7) is 3.84. The summed E-state index contributed by atoms with van der Waals surface area (Å²) in [5.74, 6) is -2.06. The molecule has 15 heteroatoms. The minimum absolute atomic E-state index is 0.0289. The van der Waals surface area contributed by atoms with E-state index in [1.807, 2.05) is 90.0 Å². The number of ether oxygens (including phenoxy) is 1. The number of aromatic nitrogens is 3. The fraction of sp³-hybridized carbons (Fsp3) is 0.440. The van der Waals surface area contributed by atoms with Crippen LogP contribution in [0.3, 0.4) is 0 Å². The van der Waals surface area contributed by atoms with Crippen LogP contribution in [0.2, 0.25) is 0 Å². The van der Waals surface area contributed by atoms with Gasteiger partial charge in [-0.3, -0.25) is 4.79 Å². The van der Waals surface area contributed by atoms with Gasteiger partial charge < -0.3 is 30.1 Å². The Balaban J connectivity index is 1.10. The van der Waals surface area contributed by atoms with Crippen molar-refractivity contribution >= 4 is 62.4 Å². The number of thiophene rings is 1. The number of Topliss-reactive ketones (excluding diaryl/α,β-unsaturated/α-hetero) is 1. The Hall–Kier alpha value is -5.54. The first-order valence-corrected chi connectivity index (χ1v) is 24.6. The van der Waals surface area contributed by atoms with Crippen molar-refractivity contribution in [2.45, 2.75) is 110 Å². The molecule has 346 valence electrons. The summed E-state index contributed by atoms with van der Waals surface area (Å²) < 4.78 is 7.49. The van der Waals surface area contributed by atoms with Crippen LogP contribution in [0.4, 0.5) is 16.2 Å². The number of nitrogens with zero attached hydrogens (tertiary/aromatic N) is 5. The molecule has 65 heavy (non-hydrogen) atoms. The van der Waals surface area contributed by atoms with Crippen LogP contribution in [0.1, 0.15) is 129 Å². The van der Waals surface area contributed by atoms with Crippen LogP contribution in [0.25, 0.3) is 16.1 Å². The number of rotatable bonds is 26. The van der Waals surface area contributed by atoms with Gasteiger partial charge in [0, 0.05) is 43.0 Å². The fourth-order valence-corrected chi connectivity index (χ4v) is 10.1. The molecule has 0 saturated carbocycles. The van der Waals surface area contributed by atoms with Crippen LogP contribution in [0, 0.1) is 5.92 Å². The van der Waals surface area contributed by atoms with Gasteiger partial charge in [-0.25, -0.2) is 19.1 Å². The molecule has 0 spiro atoms. The summed E-state index contributed by atoms with van der Waals surface area (Å²) >= 11 is 4.50. The van der Waals surface area contributed by atoms with Crippen LogP contribution in [0.5, 0.6) is 5.75 Å². The lowest BCUT2D eigenvalue weighted by Gasteiger charge is -2.35. The predicted octanol–water partition coefficient (Wildman–Crippen LogP) is 12.1. The molecule has 3 heterocycles. The lowest BCUT2D eigenvalue weighted by Crippen LogP contribution is -2.43. The highest BCUT2D eigenvalue weighted by Gasteiger charge is 2.27. The molecule has 2 amide bonds.